The Morgan fingerprint density at radius 2 is 1.89 bits per heavy atom. The second kappa shape index (κ2) is 6.95. The minimum atomic E-state index is 0.419. The molecule has 2 rings (SSSR count). The van der Waals surface area contributed by atoms with Crippen molar-refractivity contribution in [1.82, 2.24) is 5.32 Å². The van der Waals surface area contributed by atoms with E-state index in [1.807, 2.05) is 12.1 Å². The normalized spacial score (nSPS) is 25.0. The molecule has 0 aromatic heterocycles. The molecule has 106 valence electrons. The summed E-state index contributed by atoms with van der Waals surface area (Å²) in [5.41, 5.74) is 1.35. The predicted molar refractivity (Wildman–Crippen MR) is 80.6 cm³/mol. The summed E-state index contributed by atoms with van der Waals surface area (Å²) in [6.45, 7) is 4.59. The molecule has 1 N–H and O–H groups in total. The van der Waals surface area contributed by atoms with Gasteiger partial charge in [0.05, 0.1) is 7.11 Å². The van der Waals surface area contributed by atoms with Crippen molar-refractivity contribution in [1.29, 1.82) is 0 Å². The lowest BCUT2D eigenvalue weighted by Crippen LogP contribution is -2.39. The van der Waals surface area contributed by atoms with Crippen LogP contribution < -0.4 is 10.1 Å². The van der Waals surface area contributed by atoms with E-state index < -0.39 is 0 Å². The first-order valence-corrected chi connectivity index (χ1v) is 7.64. The predicted octanol–water partition coefficient (Wildman–Crippen LogP) is 4.31. The summed E-state index contributed by atoms with van der Waals surface area (Å²) < 4.78 is 5.21. The standard InChI is InChI=1S/C17H27NO/c1-4-14-7-5-6-8-17(14)18-13(2)15-9-11-16(19-3)12-10-15/h9-14,17-18H,4-8H2,1-3H3/t13-,14?,17?/m0/s1. The summed E-state index contributed by atoms with van der Waals surface area (Å²) in [7, 11) is 1.71. The van der Waals surface area contributed by atoms with E-state index in [2.05, 4.69) is 31.3 Å². The van der Waals surface area contributed by atoms with Crippen molar-refractivity contribution in [2.75, 3.05) is 7.11 Å². The molecule has 2 nitrogen and oxygen atoms in total. The van der Waals surface area contributed by atoms with Crippen LogP contribution in [0.5, 0.6) is 5.75 Å². The van der Waals surface area contributed by atoms with Crippen molar-refractivity contribution in [3.8, 4) is 5.75 Å². The first-order chi connectivity index (χ1) is 9.24. The monoisotopic (exact) mass is 261 g/mol. The molecule has 1 aliphatic rings. The Kier molecular flexibility index (Phi) is 5.26. The Balaban J connectivity index is 1.96. The first-order valence-electron chi connectivity index (χ1n) is 7.64. The molecule has 1 aromatic rings. The number of benzene rings is 1. The van der Waals surface area contributed by atoms with E-state index in [0.29, 0.717) is 12.1 Å². The second-order valence-electron chi connectivity index (χ2n) is 5.72. The molecule has 0 spiro atoms. The van der Waals surface area contributed by atoms with Crippen molar-refractivity contribution in [3.05, 3.63) is 29.8 Å². The van der Waals surface area contributed by atoms with Crippen molar-refractivity contribution in [2.45, 2.75) is 58.0 Å². The number of rotatable bonds is 5. The van der Waals surface area contributed by atoms with Crippen LogP contribution in [-0.2, 0) is 0 Å². The molecule has 19 heavy (non-hydrogen) atoms. The molecule has 2 unspecified atom stereocenters. The van der Waals surface area contributed by atoms with Gasteiger partial charge in [-0.25, -0.2) is 0 Å². The minimum Gasteiger partial charge on any atom is -0.497 e. The van der Waals surface area contributed by atoms with Crippen LogP contribution in [0.25, 0.3) is 0 Å². The van der Waals surface area contributed by atoms with Gasteiger partial charge in [0, 0.05) is 12.1 Å². The number of hydrogen-bond acceptors (Lipinski definition) is 2. The highest BCUT2D eigenvalue weighted by molar-refractivity contribution is 5.28. The molecule has 0 heterocycles. The summed E-state index contributed by atoms with van der Waals surface area (Å²) in [4.78, 5) is 0. The Morgan fingerprint density at radius 3 is 2.53 bits per heavy atom. The van der Waals surface area contributed by atoms with Crippen molar-refractivity contribution in [3.63, 3.8) is 0 Å². The summed E-state index contributed by atoms with van der Waals surface area (Å²) in [5, 5.41) is 3.83. The Bertz CT molecular complexity index is 373. The lowest BCUT2D eigenvalue weighted by atomic mass is 9.82. The van der Waals surface area contributed by atoms with E-state index in [0.717, 1.165) is 11.7 Å². The van der Waals surface area contributed by atoms with Gasteiger partial charge in [-0.3, -0.25) is 0 Å². The van der Waals surface area contributed by atoms with E-state index in [9.17, 15) is 0 Å². The SMILES string of the molecule is CCC1CCCCC1N[C@@H](C)c1ccc(OC)cc1. The third kappa shape index (κ3) is 3.73. The molecule has 0 radical (unpaired) electrons. The van der Waals surface area contributed by atoms with Crippen LogP contribution in [-0.4, -0.2) is 13.2 Å². The van der Waals surface area contributed by atoms with Gasteiger partial charge in [0.1, 0.15) is 5.75 Å². The number of ether oxygens (including phenoxy) is 1. The summed E-state index contributed by atoms with van der Waals surface area (Å²) in [6.07, 6.45) is 6.81. The Morgan fingerprint density at radius 1 is 1.21 bits per heavy atom. The fourth-order valence-electron chi connectivity index (χ4n) is 3.23. The van der Waals surface area contributed by atoms with Gasteiger partial charge in [0.15, 0.2) is 0 Å². The van der Waals surface area contributed by atoms with Crippen LogP contribution >= 0.6 is 0 Å². The quantitative estimate of drug-likeness (QED) is 0.852. The maximum absolute atomic E-state index is 5.21. The van der Waals surface area contributed by atoms with Crippen LogP contribution in [0.15, 0.2) is 24.3 Å². The Hall–Kier alpha value is -1.02. The van der Waals surface area contributed by atoms with E-state index >= 15 is 0 Å². The van der Waals surface area contributed by atoms with Gasteiger partial charge in [-0.15, -0.1) is 0 Å². The van der Waals surface area contributed by atoms with Crippen LogP contribution in [0, 0.1) is 5.92 Å². The largest absolute Gasteiger partial charge is 0.497 e. The third-order valence-electron chi connectivity index (χ3n) is 4.51. The third-order valence-corrected chi connectivity index (χ3v) is 4.51. The lowest BCUT2D eigenvalue weighted by Gasteiger charge is -2.34. The Labute approximate surface area is 117 Å². The molecule has 0 aliphatic heterocycles. The molecule has 0 bridgehead atoms. The summed E-state index contributed by atoms with van der Waals surface area (Å²) in [6, 6.07) is 9.54. The van der Waals surface area contributed by atoms with Crippen molar-refractivity contribution < 1.29 is 4.74 Å². The number of methoxy groups -OCH3 is 1. The molecule has 0 saturated heterocycles. The molecule has 1 aromatic carbocycles. The zero-order chi connectivity index (χ0) is 13.7. The molecule has 3 atom stereocenters. The fraction of sp³-hybridized carbons (Fsp3) is 0.647. The van der Waals surface area contributed by atoms with E-state index in [-0.39, 0.29) is 0 Å². The van der Waals surface area contributed by atoms with Gasteiger partial charge >= 0.3 is 0 Å². The van der Waals surface area contributed by atoms with Gasteiger partial charge in [-0.2, -0.15) is 0 Å². The lowest BCUT2D eigenvalue weighted by molar-refractivity contribution is 0.240. The average molecular weight is 261 g/mol. The van der Waals surface area contributed by atoms with Gasteiger partial charge in [0.2, 0.25) is 0 Å². The van der Waals surface area contributed by atoms with Gasteiger partial charge < -0.3 is 10.1 Å². The molecule has 1 fully saturated rings. The fourth-order valence-corrected chi connectivity index (χ4v) is 3.23. The van der Waals surface area contributed by atoms with Crippen LogP contribution in [0.2, 0.25) is 0 Å². The van der Waals surface area contributed by atoms with E-state index in [4.69, 9.17) is 4.74 Å². The molecule has 1 aliphatic carbocycles. The zero-order valence-corrected chi connectivity index (χ0v) is 12.5. The van der Waals surface area contributed by atoms with E-state index in [1.165, 1.54) is 37.7 Å². The van der Waals surface area contributed by atoms with Gasteiger partial charge in [0.25, 0.3) is 0 Å². The minimum absolute atomic E-state index is 0.419. The maximum atomic E-state index is 5.21. The van der Waals surface area contributed by atoms with Gasteiger partial charge in [-0.1, -0.05) is 38.3 Å². The number of hydrogen-bond donors (Lipinski definition) is 1. The molecule has 0 amide bonds. The van der Waals surface area contributed by atoms with E-state index in [1.54, 1.807) is 7.11 Å². The maximum Gasteiger partial charge on any atom is 0.118 e. The number of nitrogens with one attached hydrogen (secondary N) is 1. The van der Waals surface area contributed by atoms with Crippen LogP contribution in [0.4, 0.5) is 0 Å². The van der Waals surface area contributed by atoms with Gasteiger partial charge in [-0.05, 0) is 43.4 Å². The molecule has 1 saturated carbocycles. The molecule has 2 heteroatoms. The van der Waals surface area contributed by atoms with Crippen LogP contribution in [0.1, 0.15) is 57.6 Å². The van der Waals surface area contributed by atoms with Crippen molar-refractivity contribution in [2.24, 2.45) is 5.92 Å². The first kappa shape index (κ1) is 14.4. The summed E-state index contributed by atoms with van der Waals surface area (Å²) in [5.74, 6) is 1.79. The van der Waals surface area contributed by atoms with Crippen molar-refractivity contribution >= 4 is 0 Å². The highest BCUT2D eigenvalue weighted by Crippen LogP contribution is 2.29. The highest BCUT2D eigenvalue weighted by Gasteiger charge is 2.24. The highest BCUT2D eigenvalue weighted by atomic mass is 16.5. The topological polar surface area (TPSA) is 21.3 Å². The summed E-state index contributed by atoms with van der Waals surface area (Å²) >= 11 is 0. The zero-order valence-electron chi connectivity index (χ0n) is 12.5. The second-order valence-corrected chi connectivity index (χ2v) is 5.72. The molecular formula is C17H27NO. The van der Waals surface area contributed by atoms with Crippen LogP contribution in [0.3, 0.4) is 0 Å². The average Bonchev–Trinajstić information content (AvgIpc) is 2.48. The smallest absolute Gasteiger partial charge is 0.118 e. The molecular weight excluding hydrogens is 234 g/mol.